The van der Waals surface area contributed by atoms with Gasteiger partial charge in [0.25, 0.3) is 5.91 Å². The predicted octanol–water partition coefficient (Wildman–Crippen LogP) is 3.64. The maximum absolute atomic E-state index is 13.3. The molecule has 1 aliphatic heterocycles. The van der Waals surface area contributed by atoms with Crippen molar-refractivity contribution in [1.82, 2.24) is 15.2 Å². The number of benzene rings is 1. The number of likely N-dealkylation sites (tertiary alicyclic amines) is 1. The molecule has 4 N–H and O–H groups in total. The van der Waals surface area contributed by atoms with Gasteiger partial charge in [0, 0.05) is 36.3 Å². The SMILES string of the molecule is Nc1ncc(-c2ccc([C@@]34CC[C@@H]3CN(C(CF)CF)C4)cc2)cc1C(=O)N[C@H]1CC[C@H](O)CC1. The van der Waals surface area contributed by atoms with Crippen molar-refractivity contribution in [3.63, 3.8) is 0 Å². The van der Waals surface area contributed by atoms with E-state index in [1.54, 1.807) is 12.3 Å². The highest BCUT2D eigenvalue weighted by molar-refractivity contribution is 5.99. The number of nitrogens with one attached hydrogen (secondary N) is 1. The van der Waals surface area contributed by atoms with E-state index < -0.39 is 19.4 Å². The Morgan fingerprint density at radius 2 is 1.86 bits per heavy atom. The molecule has 2 aromatic rings. The lowest BCUT2D eigenvalue weighted by Crippen LogP contribution is -2.44. The minimum atomic E-state index is -0.652. The molecule has 35 heavy (non-hydrogen) atoms. The first kappa shape index (κ1) is 24.1. The van der Waals surface area contributed by atoms with Crippen LogP contribution in [-0.2, 0) is 5.41 Å². The number of pyridine rings is 1. The minimum absolute atomic E-state index is 0.0287. The first-order valence-corrected chi connectivity index (χ1v) is 12.6. The van der Waals surface area contributed by atoms with E-state index in [9.17, 15) is 18.7 Å². The zero-order chi connectivity index (χ0) is 24.6. The molecule has 2 heterocycles. The summed E-state index contributed by atoms with van der Waals surface area (Å²) < 4.78 is 26.6. The van der Waals surface area contributed by atoms with Gasteiger partial charge in [-0.25, -0.2) is 13.8 Å². The number of carbonyl (C=O) groups is 1. The number of aromatic nitrogens is 1. The fourth-order valence-corrected chi connectivity index (χ4v) is 6.16. The predicted molar refractivity (Wildman–Crippen MR) is 132 cm³/mol. The molecule has 0 radical (unpaired) electrons. The van der Waals surface area contributed by atoms with E-state index in [0.717, 1.165) is 43.4 Å². The standard InChI is InChI=1S/C27H34F2N4O2/c28-12-22(13-29)33-15-20-9-10-27(20,16-33)19-3-1-17(2-4-19)18-11-24(25(30)31-14-18)26(35)32-21-5-7-23(34)8-6-21/h1-4,11,14,20-23,34H,5-10,12-13,15-16H2,(H2,30,31)(H,32,35)/t20-,21-,23-,27+/m1/s1. The van der Waals surface area contributed by atoms with Gasteiger partial charge in [-0.3, -0.25) is 9.69 Å². The molecule has 8 heteroatoms. The summed E-state index contributed by atoms with van der Waals surface area (Å²) in [6.07, 6.45) is 6.39. The number of carbonyl (C=O) groups excluding carboxylic acids is 1. The van der Waals surface area contributed by atoms with Crippen LogP contribution < -0.4 is 11.1 Å². The van der Waals surface area contributed by atoms with Crippen LogP contribution in [-0.4, -0.2) is 65.5 Å². The minimum Gasteiger partial charge on any atom is -0.393 e. The van der Waals surface area contributed by atoms with Gasteiger partial charge in [0.2, 0.25) is 0 Å². The number of nitrogens with two attached hydrogens (primary N) is 1. The topological polar surface area (TPSA) is 91.5 Å². The van der Waals surface area contributed by atoms with Gasteiger partial charge in [-0.2, -0.15) is 0 Å². The maximum Gasteiger partial charge on any atom is 0.255 e. The van der Waals surface area contributed by atoms with Gasteiger partial charge in [-0.1, -0.05) is 24.3 Å². The zero-order valence-corrected chi connectivity index (χ0v) is 19.9. The molecule has 3 fully saturated rings. The fraction of sp³-hybridized carbons (Fsp3) is 0.556. The lowest BCUT2D eigenvalue weighted by Gasteiger charge is -2.45. The summed E-state index contributed by atoms with van der Waals surface area (Å²) in [5.74, 6) is 0.381. The van der Waals surface area contributed by atoms with Gasteiger partial charge in [0.15, 0.2) is 0 Å². The number of amides is 1. The Bertz CT molecular complexity index is 1050. The summed E-state index contributed by atoms with van der Waals surface area (Å²) in [6.45, 7) is 0.143. The third-order valence-electron chi connectivity index (χ3n) is 8.52. The van der Waals surface area contributed by atoms with Crippen LogP contribution in [0.15, 0.2) is 36.5 Å². The van der Waals surface area contributed by atoms with Gasteiger partial charge >= 0.3 is 0 Å². The molecule has 2 saturated carbocycles. The molecule has 0 unspecified atom stereocenters. The molecule has 2 aliphatic carbocycles. The van der Waals surface area contributed by atoms with Crippen molar-refractivity contribution in [1.29, 1.82) is 0 Å². The molecule has 188 valence electrons. The second kappa shape index (κ2) is 9.82. The number of aliphatic hydroxyl groups is 1. The van der Waals surface area contributed by atoms with Crippen LogP contribution in [0.2, 0.25) is 0 Å². The van der Waals surface area contributed by atoms with Crippen molar-refractivity contribution in [2.75, 3.05) is 32.2 Å². The van der Waals surface area contributed by atoms with Crippen molar-refractivity contribution in [3.05, 3.63) is 47.7 Å². The van der Waals surface area contributed by atoms with E-state index in [0.29, 0.717) is 30.9 Å². The average molecular weight is 485 g/mol. The molecule has 1 aromatic heterocycles. The smallest absolute Gasteiger partial charge is 0.255 e. The molecule has 1 aromatic carbocycles. The Kier molecular flexibility index (Phi) is 6.77. The first-order valence-electron chi connectivity index (χ1n) is 12.6. The summed E-state index contributed by atoms with van der Waals surface area (Å²) in [5, 5.41) is 12.7. The summed E-state index contributed by atoms with van der Waals surface area (Å²) in [5.41, 5.74) is 9.30. The Morgan fingerprint density at radius 3 is 2.49 bits per heavy atom. The van der Waals surface area contributed by atoms with E-state index in [1.807, 2.05) is 17.0 Å². The Hall–Kier alpha value is -2.58. The van der Waals surface area contributed by atoms with E-state index in [2.05, 4.69) is 22.4 Å². The monoisotopic (exact) mass is 484 g/mol. The number of nitrogen functional groups attached to an aromatic ring is 1. The fourth-order valence-electron chi connectivity index (χ4n) is 6.16. The number of halogens is 2. The van der Waals surface area contributed by atoms with Crippen molar-refractivity contribution in [2.45, 2.75) is 62.1 Å². The van der Waals surface area contributed by atoms with Crippen LogP contribution in [0, 0.1) is 5.92 Å². The zero-order valence-electron chi connectivity index (χ0n) is 19.9. The van der Waals surface area contributed by atoms with Crippen LogP contribution in [0.25, 0.3) is 11.1 Å². The van der Waals surface area contributed by atoms with E-state index in [-0.39, 0.29) is 29.3 Å². The Labute approximate surface area is 204 Å². The summed E-state index contributed by atoms with van der Waals surface area (Å²) in [7, 11) is 0. The van der Waals surface area contributed by atoms with Crippen molar-refractivity contribution >= 4 is 11.7 Å². The largest absolute Gasteiger partial charge is 0.393 e. The molecule has 6 nitrogen and oxygen atoms in total. The third kappa shape index (κ3) is 4.54. The van der Waals surface area contributed by atoms with Crippen molar-refractivity contribution < 1.29 is 18.7 Å². The van der Waals surface area contributed by atoms with Crippen LogP contribution >= 0.6 is 0 Å². The number of nitrogens with zero attached hydrogens (tertiary/aromatic N) is 2. The Balaban J connectivity index is 1.31. The number of hydrogen-bond donors (Lipinski definition) is 3. The summed E-state index contributed by atoms with van der Waals surface area (Å²) in [4.78, 5) is 19.1. The highest BCUT2D eigenvalue weighted by Gasteiger charge is 2.54. The van der Waals surface area contributed by atoms with E-state index >= 15 is 0 Å². The maximum atomic E-state index is 13.3. The number of anilines is 1. The molecule has 2 atom stereocenters. The molecule has 0 spiro atoms. The number of alkyl halides is 2. The second-order valence-corrected chi connectivity index (χ2v) is 10.5. The van der Waals surface area contributed by atoms with Crippen molar-refractivity contribution in [3.8, 4) is 11.1 Å². The number of hydrogen-bond acceptors (Lipinski definition) is 5. The molecule has 1 saturated heterocycles. The van der Waals surface area contributed by atoms with Gasteiger partial charge in [0.1, 0.15) is 19.2 Å². The van der Waals surface area contributed by atoms with E-state index in [4.69, 9.17) is 5.73 Å². The lowest BCUT2D eigenvalue weighted by molar-refractivity contribution is 0.0868. The highest BCUT2D eigenvalue weighted by atomic mass is 19.1. The van der Waals surface area contributed by atoms with Crippen molar-refractivity contribution in [2.24, 2.45) is 5.92 Å². The van der Waals surface area contributed by atoms with Gasteiger partial charge < -0.3 is 16.2 Å². The van der Waals surface area contributed by atoms with Crippen LogP contribution in [0.5, 0.6) is 0 Å². The molecular weight excluding hydrogens is 450 g/mol. The Morgan fingerprint density at radius 1 is 1.14 bits per heavy atom. The lowest BCUT2D eigenvalue weighted by atomic mass is 9.58. The number of fused-ring (bicyclic) bond motifs is 1. The average Bonchev–Trinajstić information content (AvgIpc) is 3.12. The van der Waals surface area contributed by atoms with E-state index in [1.165, 1.54) is 5.56 Å². The highest BCUT2D eigenvalue weighted by Crippen LogP contribution is 2.54. The van der Waals surface area contributed by atoms with Gasteiger partial charge in [-0.05, 0) is 61.6 Å². The molecule has 3 aliphatic rings. The number of rotatable bonds is 7. The first-order chi connectivity index (χ1) is 16.9. The van der Waals surface area contributed by atoms with Gasteiger partial charge in [0.05, 0.1) is 17.7 Å². The summed E-state index contributed by atoms with van der Waals surface area (Å²) >= 11 is 0. The molecule has 0 bridgehead atoms. The molecule has 5 rings (SSSR count). The second-order valence-electron chi connectivity index (χ2n) is 10.5. The summed E-state index contributed by atoms with van der Waals surface area (Å²) in [6, 6.07) is 9.44. The van der Waals surface area contributed by atoms with Gasteiger partial charge in [-0.15, -0.1) is 0 Å². The third-order valence-corrected chi connectivity index (χ3v) is 8.52. The normalized spacial score (nSPS) is 28.5. The molecular formula is C27H34F2N4O2. The quantitative estimate of drug-likeness (QED) is 0.558. The van der Waals surface area contributed by atoms with Crippen LogP contribution in [0.4, 0.5) is 14.6 Å². The molecule has 1 amide bonds. The van der Waals surface area contributed by atoms with Crippen LogP contribution in [0.1, 0.15) is 54.4 Å². The van der Waals surface area contributed by atoms with Crippen LogP contribution in [0.3, 0.4) is 0 Å². The number of aliphatic hydroxyl groups excluding tert-OH is 1.